The van der Waals surface area contributed by atoms with Gasteiger partial charge < -0.3 is 5.32 Å². The van der Waals surface area contributed by atoms with Crippen molar-refractivity contribution in [3.8, 4) is 0 Å². The Kier molecular flexibility index (Phi) is 6.58. The zero-order valence-electron chi connectivity index (χ0n) is 19.4. The Morgan fingerprint density at radius 2 is 1.86 bits per heavy atom. The van der Waals surface area contributed by atoms with Gasteiger partial charge in [-0.2, -0.15) is 0 Å². The Morgan fingerprint density at radius 1 is 1.03 bits per heavy atom. The highest BCUT2D eigenvalue weighted by molar-refractivity contribution is 8.18. The number of hydrogen-bond donors (Lipinski definition) is 1. The van der Waals surface area contributed by atoms with Gasteiger partial charge in [0.2, 0.25) is 0 Å². The van der Waals surface area contributed by atoms with Crippen molar-refractivity contribution in [3.05, 3.63) is 105 Å². The number of nitro groups is 1. The van der Waals surface area contributed by atoms with E-state index >= 15 is 0 Å². The predicted molar refractivity (Wildman–Crippen MR) is 146 cm³/mol. The second kappa shape index (κ2) is 9.96. The van der Waals surface area contributed by atoms with Crippen molar-refractivity contribution in [2.24, 2.45) is 4.99 Å². The summed E-state index contributed by atoms with van der Waals surface area (Å²) in [5.74, 6) is -0.287. The molecule has 7 nitrogen and oxygen atoms in total. The van der Waals surface area contributed by atoms with E-state index < -0.39 is 4.92 Å². The first-order chi connectivity index (χ1) is 17.4. The number of nitrogens with zero attached hydrogens (tertiary/aromatic N) is 3. The minimum Gasteiger partial charge on any atom is -0.300 e. The topological polar surface area (TPSA) is 97.5 Å². The van der Waals surface area contributed by atoms with Crippen LogP contribution in [0.3, 0.4) is 0 Å². The SMILES string of the molecule is Cc1ccc(N=C2NC(=O)/C(=C/c3ccc(Sc4cccc5cccnc45)c([N+](=O)[O-])c3)S2)cc1C. The van der Waals surface area contributed by atoms with Crippen LogP contribution >= 0.6 is 23.5 Å². The first kappa shape index (κ1) is 23.8. The van der Waals surface area contributed by atoms with Gasteiger partial charge in [0, 0.05) is 22.5 Å². The molecule has 5 rings (SSSR count). The Labute approximate surface area is 215 Å². The van der Waals surface area contributed by atoms with Gasteiger partial charge in [0.15, 0.2) is 5.17 Å². The lowest BCUT2D eigenvalue weighted by atomic mass is 10.1. The number of rotatable bonds is 5. The van der Waals surface area contributed by atoms with Crippen molar-refractivity contribution in [3.63, 3.8) is 0 Å². The molecule has 1 fully saturated rings. The molecule has 0 atom stereocenters. The number of amides is 1. The number of fused-ring (bicyclic) bond motifs is 1. The maximum absolute atomic E-state index is 12.5. The molecule has 2 heterocycles. The van der Waals surface area contributed by atoms with Crippen molar-refractivity contribution < 1.29 is 9.72 Å². The third-order valence-corrected chi connectivity index (χ3v) is 7.69. The molecule has 1 aliphatic heterocycles. The minimum absolute atomic E-state index is 0.0327. The van der Waals surface area contributed by atoms with Gasteiger partial charge in [0.1, 0.15) is 0 Å². The Morgan fingerprint density at radius 3 is 2.67 bits per heavy atom. The van der Waals surface area contributed by atoms with Crippen LogP contribution in [0.5, 0.6) is 0 Å². The number of para-hydroxylation sites is 1. The van der Waals surface area contributed by atoms with Crippen molar-refractivity contribution >= 4 is 63.0 Å². The van der Waals surface area contributed by atoms with E-state index in [1.807, 2.05) is 62.4 Å². The highest BCUT2D eigenvalue weighted by Gasteiger charge is 2.25. The third-order valence-electron chi connectivity index (χ3n) is 5.67. The third kappa shape index (κ3) is 5.02. The number of benzene rings is 3. The van der Waals surface area contributed by atoms with Gasteiger partial charge in [0.25, 0.3) is 11.6 Å². The summed E-state index contributed by atoms with van der Waals surface area (Å²) in [6.07, 6.45) is 3.35. The lowest BCUT2D eigenvalue weighted by molar-refractivity contribution is -0.387. The summed E-state index contributed by atoms with van der Waals surface area (Å²) < 4.78 is 0. The summed E-state index contributed by atoms with van der Waals surface area (Å²) in [6.45, 7) is 4.04. The number of aliphatic imine (C=N–C) groups is 1. The highest BCUT2D eigenvalue weighted by Crippen LogP contribution is 2.39. The fourth-order valence-corrected chi connectivity index (χ4v) is 5.54. The van der Waals surface area contributed by atoms with Crippen LogP contribution in [0.4, 0.5) is 11.4 Å². The van der Waals surface area contributed by atoms with E-state index in [0.29, 0.717) is 20.5 Å². The van der Waals surface area contributed by atoms with E-state index in [-0.39, 0.29) is 11.6 Å². The molecule has 0 spiro atoms. The Hall–Kier alpha value is -3.95. The monoisotopic (exact) mass is 512 g/mol. The van der Waals surface area contributed by atoms with Gasteiger partial charge in [0.05, 0.1) is 25.9 Å². The van der Waals surface area contributed by atoms with Crippen molar-refractivity contribution in [2.75, 3.05) is 0 Å². The summed E-state index contributed by atoms with van der Waals surface area (Å²) in [5, 5.41) is 16.1. The van der Waals surface area contributed by atoms with Crippen LogP contribution in [0, 0.1) is 24.0 Å². The number of amidine groups is 1. The van der Waals surface area contributed by atoms with Crippen molar-refractivity contribution in [1.82, 2.24) is 10.3 Å². The zero-order chi connectivity index (χ0) is 25.2. The number of carbonyl (C=O) groups is 1. The maximum Gasteiger partial charge on any atom is 0.283 e. The van der Waals surface area contributed by atoms with Crippen LogP contribution in [0.15, 0.2) is 92.6 Å². The van der Waals surface area contributed by atoms with Gasteiger partial charge in [-0.05, 0) is 78.7 Å². The van der Waals surface area contributed by atoms with Gasteiger partial charge in [-0.15, -0.1) is 0 Å². The molecule has 3 aromatic carbocycles. The number of nitro benzene ring substituents is 1. The summed E-state index contributed by atoms with van der Waals surface area (Å²) in [5.41, 5.74) is 4.36. The minimum atomic E-state index is -0.405. The molecule has 36 heavy (non-hydrogen) atoms. The molecule has 0 saturated carbocycles. The molecule has 0 radical (unpaired) electrons. The molecule has 0 unspecified atom stereocenters. The summed E-state index contributed by atoms with van der Waals surface area (Å²) in [4.78, 5) is 34.7. The number of pyridine rings is 1. The van der Waals surface area contributed by atoms with Gasteiger partial charge in [-0.25, -0.2) is 4.99 Å². The van der Waals surface area contributed by atoms with Gasteiger partial charge >= 0.3 is 0 Å². The number of carbonyl (C=O) groups excluding carboxylic acids is 1. The number of thioether (sulfide) groups is 1. The molecule has 0 bridgehead atoms. The number of nitrogens with one attached hydrogen (secondary N) is 1. The highest BCUT2D eigenvalue weighted by atomic mass is 32.2. The predicted octanol–water partition coefficient (Wildman–Crippen LogP) is 6.80. The molecule has 1 aromatic heterocycles. The van der Waals surface area contributed by atoms with Gasteiger partial charge in [-0.3, -0.25) is 19.9 Å². The maximum atomic E-state index is 12.5. The largest absolute Gasteiger partial charge is 0.300 e. The Bertz CT molecular complexity index is 1590. The van der Waals surface area contributed by atoms with Crippen LogP contribution < -0.4 is 5.32 Å². The smallest absolute Gasteiger partial charge is 0.283 e. The number of aryl methyl sites for hydroxylation is 2. The van der Waals surface area contributed by atoms with E-state index in [1.54, 1.807) is 24.4 Å². The number of aromatic nitrogens is 1. The fraction of sp³-hybridized carbons (Fsp3) is 0.0741. The normalized spacial score (nSPS) is 15.6. The molecular formula is C27H20N4O3S2. The molecule has 1 amide bonds. The summed E-state index contributed by atoms with van der Waals surface area (Å²) in [7, 11) is 0. The Balaban J connectivity index is 1.42. The molecule has 0 aliphatic carbocycles. The van der Waals surface area contributed by atoms with Crippen LogP contribution in [0.2, 0.25) is 0 Å². The standard InChI is InChI=1S/C27H20N4O3S2/c1-16-8-10-20(13-17(16)2)29-27-30-26(32)24(36-27)15-18-9-11-22(21(14-18)31(33)34)35-23-7-3-5-19-6-4-12-28-25(19)23/h3-15H,1-2H3,(H,29,30,32)/b24-15-. The molecular weight excluding hydrogens is 492 g/mol. The molecule has 178 valence electrons. The van der Waals surface area contributed by atoms with Crippen LogP contribution in [-0.2, 0) is 4.79 Å². The summed E-state index contributed by atoms with van der Waals surface area (Å²) in [6, 6.07) is 20.4. The van der Waals surface area contributed by atoms with E-state index in [0.717, 1.165) is 27.0 Å². The molecule has 1 saturated heterocycles. The first-order valence-corrected chi connectivity index (χ1v) is 12.7. The second-order valence-corrected chi connectivity index (χ2v) is 10.3. The van der Waals surface area contributed by atoms with Crippen LogP contribution in [0.25, 0.3) is 17.0 Å². The van der Waals surface area contributed by atoms with Crippen LogP contribution in [-0.4, -0.2) is 21.0 Å². The van der Waals surface area contributed by atoms with Crippen molar-refractivity contribution in [2.45, 2.75) is 23.6 Å². The lowest BCUT2D eigenvalue weighted by Gasteiger charge is -2.07. The number of hydrogen-bond acceptors (Lipinski definition) is 7. The quantitative estimate of drug-likeness (QED) is 0.179. The van der Waals surface area contributed by atoms with E-state index in [2.05, 4.69) is 15.3 Å². The van der Waals surface area contributed by atoms with E-state index in [4.69, 9.17) is 0 Å². The summed E-state index contributed by atoms with van der Waals surface area (Å²) >= 11 is 2.51. The first-order valence-electron chi connectivity index (χ1n) is 11.0. The fourth-order valence-electron chi connectivity index (χ4n) is 3.67. The van der Waals surface area contributed by atoms with Gasteiger partial charge in [-0.1, -0.05) is 42.1 Å². The average molecular weight is 513 g/mol. The molecule has 1 aliphatic rings. The van der Waals surface area contributed by atoms with Crippen molar-refractivity contribution in [1.29, 1.82) is 0 Å². The van der Waals surface area contributed by atoms with E-state index in [1.165, 1.54) is 35.2 Å². The molecule has 9 heteroatoms. The van der Waals surface area contributed by atoms with E-state index in [9.17, 15) is 14.9 Å². The second-order valence-electron chi connectivity index (χ2n) is 8.17. The van der Waals surface area contributed by atoms with Crippen LogP contribution in [0.1, 0.15) is 16.7 Å². The molecule has 4 aromatic rings. The average Bonchev–Trinajstić information content (AvgIpc) is 3.20. The lowest BCUT2D eigenvalue weighted by Crippen LogP contribution is -2.19. The zero-order valence-corrected chi connectivity index (χ0v) is 21.0. The molecule has 1 N–H and O–H groups in total.